The standard InChI is InChI=1S/C9H10N4O/c14-7-9-10-11-12-13(9)6-8-4-2-1-3-5-8/h1-5,14H,6-7H2. The predicted octanol–water partition coefficient (Wildman–Crippen LogP) is 0.214. The number of hydrogen-bond donors (Lipinski definition) is 1. The van der Waals surface area contributed by atoms with Gasteiger partial charge in [0.15, 0.2) is 5.82 Å². The van der Waals surface area contributed by atoms with E-state index in [1.807, 2.05) is 30.3 Å². The van der Waals surface area contributed by atoms with E-state index >= 15 is 0 Å². The maximum atomic E-state index is 8.92. The van der Waals surface area contributed by atoms with Crippen molar-refractivity contribution in [3.63, 3.8) is 0 Å². The minimum absolute atomic E-state index is 0.139. The summed E-state index contributed by atoms with van der Waals surface area (Å²) in [6.07, 6.45) is 0. The molecule has 0 saturated carbocycles. The van der Waals surface area contributed by atoms with E-state index in [0.717, 1.165) is 5.56 Å². The first-order valence-electron chi connectivity index (χ1n) is 4.30. The molecule has 5 nitrogen and oxygen atoms in total. The first kappa shape index (κ1) is 8.83. The average molecular weight is 190 g/mol. The van der Waals surface area contributed by atoms with E-state index in [-0.39, 0.29) is 6.61 Å². The Labute approximate surface area is 81.0 Å². The van der Waals surface area contributed by atoms with Crippen LogP contribution < -0.4 is 0 Å². The Morgan fingerprint density at radius 1 is 1.21 bits per heavy atom. The SMILES string of the molecule is OCc1nnnn1Cc1ccccc1. The van der Waals surface area contributed by atoms with Crippen molar-refractivity contribution in [2.45, 2.75) is 13.2 Å². The van der Waals surface area contributed by atoms with E-state index in [9.17, 15) is 0 Å². The third-order valence-corrected chi connectivity index (χ3v) is 1.92. The minimum atomic E-state index is -0.139. The highest BCUT2D eigenvalue weighted by Crippen LogP contribution is 2.02. The molecule has 0 bridgehead atoms. The Kier molecular flexibility index (Phi) is 2.51. The molecule has 1 aromatic heterocycles. The molecule has 0 saturated heterocycles. The Bertz CT molecular complexity index is 398. The molecule has 0 atom stereocenters. The van der Waals surface area contributed by atoms with Gasteiger partial charge in [-0.3, -0.25) is 0 Å². The second-order valence-corrected chi connectivity index (χ2v) is 2.90. The first-order valence-corrected chi connectivity index (χ1v) is 4.30. The average Bonchev–Trinajstić information content (AvgIpc) is 2.67. The molecule has 1 heterocycles. The Hall–Kier alpha value is -1.75. The topological polar surface area (TPSA) is 63.8 Å². The maximum Gasteiger partial charge on any atom is 0.177 e. The summed E-state index contributed by atoms with van der Waals surface area (Å²) in [6.45, 7) is 0.448. The van der Waals surface area contributed by atoms with Crippen molar-refractivity contribution in [3.8, 4) is 0 Å². The molecular formula is C9H10N4O. The normalized spacial score (nSPS) is 10.4. The van der Waals surface area contributed by atoms with Crippen molar-refractivity contribution in [1.29, 1.82) is 0 Å². The van der Waals surface area contributed by atoms with Crippen LogP contribution in [-0.2, 0) is 13.2 Å². The van der Waals surface area contributed by atoms with E-state index in [4.69, 9.17) is 5.11 Å². The summed E-state index contributed by atoms with van der Waals surface area (Å²) in [7, 11) is 0. The lowest BCUT2D eigenvalue weighted by Crippen LogP contribution is -2.06. The number of nitrogens with zero attached hydrogens (tertiary/aromatic N) is 4. The lowest BCUT2D eigenvalue weighted by atomic mass is 10.2. The van der Waals surface area contributed by atoms with Gasteiger partial charge >= 0.3 is 0 Å². The molecule has 0 unspecified atom stereocenters. The quantitative estimate of drug-likeness (QED) is 0.751. The molecule has 0 amide bonds. The van der Waals surface area contributed by atoms with Crippen molar-refractivity contribution in [3.05, 3.63) is 41.7 Å². The van der Waals surface area contributed by atoms with Gasteiger partial charge in [-0.25, -0.2) is 4.68 Å². The van der Waals surface area contributed by atoms with Gasteiger partial charge in [-0.2, -0.15) is 0 Å². The van der Waals surface area contributed by atoms with Crippen LogP contribution in [0.3, 0.4) is 0 Å². The van der Waals surface area contributed by atoms with Gasteiger partial charge in [0.25, 0.3) is 0 Å². The number of tetrazole rings is 1. The highest BCUT2D eigenvalue weighted by molar-refractivity contribution is 5.14. The first-order chi connectivity index (χ1) is 6.90. The van der Waals surface area contributed by atoms with E-state index in [2.05, 4.69) is 15.5 Å². The highest BCUT2D eigenvalue weighted by Gasteiger charge is 2.03. The number of aromatic nitrogens is 4. The minimum Gasteiger partial charge on any atom is -0.388 e. The van der Waals surface area contributed by atoms with E-state index in [0.29, 0.717) is 12.4 Å². The Morgan fingerprint density at radius 2 is 2.00 bits per heavy atom. The van der Waals surface area contributed by atoms with Crippen molar-refractivity contribution in [2.75, 3.05) is 0 Å². The zero-order chi connectivity index (χ0) is 9.80. The zero-order valence-electron chi connectivity index (χ0n) is 7.54. The van der Waals surface area contributed by atoms with E-state index in [1.54, 1.807) is 4.68 Å². The fraction of sp³-hybridized carbons (Fsp3) is 0.222. The number of hydrogen-bond acceptors (Lipinski definition) is 4. The van der Waals surface area contributed by atoms with Crippen LogP contribution in [0.1, 0.15) is 11.4 Å². The maximum absolute atomic E-state index is 8.92. The Balaban J connectivity index is 2.19. The van der Waals surface area contributed by atoms with Crippen molar-refractivity contribution < 1.29 is 5.11 Å². The predicted molar refractivity (Wildman–Crippen MR) is 49.3 cm³/mol. The van der Waals surface area contributed by atoms with Gasteiger partial charge in [-0.05, 0) is 16.0 Å². The van der Waals surface area contributed by atoms with Crippen LogP contribution in [0, 0.1) is 0 Å². The van der Waals surface area contributed by atoms with Gasteiger partial charge in [-0.1, -0.05) is 30.3 Å². The van der Waals surface area contributed by atoms with Crippen LogP contribution in [0.4, 0.5) is 0 Å². The summed E-state index contributed by atoms with van der Waals surface area (Å²) in [5, 5.41) is 19.9. The van der Waals surface area contributed by atoms with E-state index in [1.165, 1.54) is 0 Å². The molecule has 2 rings (SSSR count). The molecule has 14 heavy (non-hydrogen) atoms. The van der Waals surface area contributed by atoms with Gasteiger partial charge in [0.1, 0.15) is 6.61 Å². The monoisotopic (exact) mass is 190 g/mol. The number of benzene rings is 1. The van der Waals surface area contributed by atoms with Crippen LogP contribution >= 0.6 is 0 Å². The summed E-state index contributed by atoms with van der Waals surface area (Å²) >= 11 is 0. The lowest BCUT2D eigenvalue weighted by Gasteiger charge is -2.01. The molecule has 0 aliphatic rings. The second kappa shape index (κ2) is 3.97. The van der Waals surface area contributed by atoms with Crippen LogP contribution in [-0.4, -0.2) is 25.3 Å². The van der Waals surface area contributed by atoms with Gasteiger partial charge in [-0.15, -0.1) is 5.10 Å². The molecule has 0 radical (unpaired) electrons. The summed E-state index contributed by atoms with van der Waals surface area (Å²) in [5.74, 6) is 0.480. The third-order valence-electron chi connectivity index (χ3n) is 1.92. The molecule has 72 valence electrons. The molecule has 0 aliphatic carbocycles. The van der Waals surface area contributed by atoms with Gasteiger partial charge in [0.2, 0.25) is 0 Å². The van der Waals surface area contributed by atoms with Crippen molar-refractivity contribution in [1.82, 2.24) is 20.2 Å². The molecule has 2 aromatic rings. The fourth-order valence-corrected chi connectivity index (χ4v) is 1.22. The number of rotatable bonds is 3. The van der Waals surface area contributed by atoms with Crippen molar-refractivity contribution in [2.24, 2.45) is 0 Å². The smallest absolute Gasteiger partial charge is 0.177 e. The van der Waals surface area contributed by atoms with E-state index < -0.39 is 0 Å². The summed E-state index contributed by atoms with van der Waals surface area (Å²) in [5.41, 5.74) is 1.11. The van der Waals surface area contributed by atoms with Crippen LogP contribution in [0.2, 0.25) is 0 Å². The zero-order valence-corrected chi connectivity index (χ0v) is 7.54. The third kappa shape index (κ3) is 1.77. The van der Waals surface area contributed by atoms with Gasteiger partial charge in [0, 0.05) is 0 Å². The van der Waals surface area contributed by atoms with Crippen molar-refractivity contribution >= 4 is 0 Å². The molecule has 5 heteroatoms. The van der Waals surface area contributed by atoms with Gasteiger partial charge < -0.3 is 5.11 Å². The summed E-state index contributed by atoms with van der Waals surface area (Å²) < 4.78 is 1.58. The van der Waals surface area contributed by atoms with Crippen LogP contribution in [0.15, 0.2) is 30.3 Å². The molecule has 0 spiro atoms. The molecule has 0 aliphatic heterocycles. The summed E-state index contributed by atoms with van der Waals surface area (Å²) in [4.78, 5) is 0. The molecule has 1 aromatic carbocycles. The number of aliphatic hydroxyl groups is 1. The van der Waals surface area contributed by atoms with Crippen LogP contribution in [0.5, 0.6) is 0 Å². The lowest BCUT2D eigenvalue weighted by molar-refractivity contribution is 0.264. The largest absolute Gasteiger partial charge is 0.388 e. The molecular weight excluding hydrogens is 180 g/mol. The summed E-state index contributed by atoms with van der Waals surface area (Å²) in [6, 6.07) is 9.85. The Morgan fingerprint density at radius 3 is 2.71 bits per heavy atom. The highest BCUT2D eigenvalue weighted by atomic mass is 16.3. The molecule has 0 fully saturated rings. The van der Waals surface area contributed by atoms with Crippen LogP contribution in [0.25, 0.3) is 0 Å². The van der Waals surface area contributed by atoms with Gasteiger partial charge in [0.05, 0.1) is 6.54 Å². The fourth-order valence-electron chi connectivity index (χ4n) is 1.22. The second-order valence-electron chi connectivity index (χ2n) is 2.90. The number of aliphatic hydroxyl groups excluding tert-OH is 1. The molecule has 1 N–H and O–H groups in total.